The van der Waals surface area contributed by atoms with Crippen LogP contribution in [0.5, 0.6) is 0 Å². The number of nitrogens with one attached hydrogen (secondary N) is 1. The van der Waals surface area contributed by atoms with Crippen molar-refractivity contribution in [3.05, 3.63) is 101 Å². The maximum atomic E-state index is 13.7. The van der Waals surface area contributed by atoms with E-state index in [1.54, 1.807) is 4.90 Å². The molecule has 1 aliphatic heterocycles. The van der Waals surface area contributed by atoms with Crippen molar-refractivity contribution < 1.29 is 9.59 Å². The van der Waals surface area contributed by atoms with Gasteiger partial charge in [0.05, 0.1) is 0 Å². The van der Waals surface area contributed by atoms with Gasteiger partial charge < -0.3 is 5.32 Å². The lowest BCUT2D eigenvalue weighted by atomic mass is 9.82. The second kappa shape index (κ2) is 8.62. The van der Waals surface area contributed by atoms with Crippen LogP contribution in [0.4, 0.5) is 5.69 Å². The third-order valence-corrected chi connectivity index (χ3v) is 6.46. The molecule has 1 aliphatic rings. The fourth-order valence-corrected chi connectivity index (χ4v) is 4.46. The lowest BCUT2D eigenvalue weighted by Gasteiger charge is -2.44. The fraction of sp³-hybridized carbons (Fsp3) is 0.286. The van der Waals surface area contributed by atoms with Crippen molar-refractivity contribution in [1.82, 2.24) is 5.32 Å². The van der Waals surface area contributed by atoms with E-state index in [2.05, 4.69) is 25.2 Å². The van der Waals surface area contributed by atoms with Crippen LogP contribution in [0.3, 0.4) is 0 Å². The summed E-state index contributed by atoms with van der Waals surface area (Å²) in [6.45, 7) is 8.58. The van der Waals surface area contributed by atoms with Crippen LogP contribution in [-0.4, -0.2) is 17.4 Å². The van der Waals surface area contributed by atoms with Crippen LogP contribution in [0.2, 0.25) is 0 Å². The van der Waals surface area contributed by atoms with Gasteiger partial charge in [0.25, 0.3) is 5.91 Å². The summed E-state index contributed by atoms with van der Waals surface area (Å²) in [6.07, 6.45) is 0.459. The Morgan fingerprint density at radius 2 is 1.75 bits per heavy atom. The van der Waals surface area contributed by atoms with Crippen molar-refractivity contribution in [3.8, 4) is 0 Å². The maximum Gasteiger partial charge on any atom is 0.259 e. The molecule has 4 nitrogen and oxygen atoms in total. The topological polar surface area (TPSA) is 49.4 Å². The summed E-state index contributed by atoms with van der Waals surface area (Å²) in [6, 6.07) is 23.6. The standard InChI is InChI=1S/C28H30N2O2/c1-19(2)21-13-9-14-24(16-21)30-26(31)25-15-8-7-11-22(25)17-28(30,4)27(32)29-18-23-12-6-5-10-20(23)3/h5-16,19H,17-18H2,1-4H3,(H,29,32). The molecule has 0 radical (unpaired) electrons. The Labute approximate surface area is 190 Å². The van der Waals surface area contributed by atoms with Crippen LogP contribution in [-0.2, 0) is 17.8 Å². The Morgan fingerprint density at radius 3 is 2.50 bits per heavy atom. The summed E-state index contributed by atoms with van der Waals surface area (Å²) in [5.74, 6) is 0.0307. The van der Waals surface area contributed by atoms with Crippen LogP contribution in [0.1, 0.15) is 59.3 Å². The van der Waals surface area contributed by atoms with Gasteiger partial charge in [-0.1, -0.05) is 68.4 Å². The Morgan fingerprint density at radius 1 is 1.03 bits per heavy atom. The summed E-state index contributed by atoms with van der Waals surface area (Å²) in [7, 11) is 0. The summed E-state index contributed by atoms with van der Waals surface area (Å²) >= 11 is 0. The number of benzene rings is 3. The third-order valence-electron chi connectivity index (χ3n) is 6.46. The summed E-state index contributed by atoms with van der Waals surface area (Å²) < 4.78 is 0. The van der Waals surface area contributed by atoms with E-state index in [-0.39, 0.29) is 11.8 Å². The first kappa shape index (κ1) is 21.8. The third kappa shape index (κ3) is 3.93. The van der Waals surface area contributed by atoms with Crippen molar-refractivity contribution in [2.75, 3.05) is 4.90 Å². The average molecular weight is 427 g/mol. The molecule has 2 amide bonds. The molecule has 0 saturated carbocycles. The zero-order chi connectivity index (χ0) is 22.9. The molecule has 0 aromatic heterocycles. The maximum absolute atomic E-state index is 13.7. The second-order valence-electron chi connectivity index (χ2n) is 9.11. The van der Waals surface area contributed by atoms with E-state index in [1.165, 1.54) is 0 Å². The Bertz CT molecular complexity index is 1170. The van der Waals surface area contributed by atoms with Gasteiger partial charge >= 0.3 is 0 Å². The van der Waals surface area contributed by atoms with E-state index >= 15 is 0 Å². The van der Waals surface area contributed by atoms with Crippen molar-refractivity contribution in [2.45, 2.75) is 52.1 Å². The van der Waals surface area contributed by atoms with Crippen LogP contribution >= 0.6 is 0 Å². The number of amides is 2. The van der Waals surface area contributed by atoms with Gasteiger partial charge in [-0.3, -0.25) is 14.5 Å². The molecule has 4 heteroatoms. The first-order valence-electron chi connectivity index (χ1n) is 11.2. The van der Waals surface area contributed by atoms with Gasteiger partial charge in [-0.05, 0) is 60.2 Å². The fourth-order valence-electron chi connectivity index (χ4n) is 4.46. The molecule has 0 saturated heterocycles. The number of anilines is 1. The van der Waals surface area contributed by atoms with Crippen molar-refractivity contribution in [2.24, 2.45) is 0 Å². The lowest BCUT2D eigenvalue weighted by molar-refractivity contribution is -0.126. The molecule has 0 fully saturated rings. The highest BCUT2D eigenvalue weighted by Crippen LogP contribution is 2.36. The monoisotopic (exact) mass is 426 g/mol. The second-order valence-corrected chi connectivity index (χ2v) is 9.11. The van der Waals surface area contributed by atoms with Crippen molar-refractivity contribution in [3.63, 3.8) is 0 Å². The minimum Gasteiger partial charge on any atom is -0.350 e. The predicted molar refractivity (Wildman–Crippen MR) is 129 cm³/mol. The van der Waals surface area contributed by atoms with E-state index in [0.717, 1.165) is 27.9 Å². The number of aryl methyl sites for hydroxylation is 1. The number of fused-ring (bicyclic) bond motifs is 1. The summed E-state index contributed by atoms with van der Waals surface area (Å²) in [5.41, 5.74) is 4.61. The van der Waals surface area contributed by atoms with E-state index in [0.29, 0.717) is 24.4 Å². The van der Waals surface area contributed by atoms with Gasteiger partial charge in [0, 0.05) is 24.2 Å². The van der Waals surface area contributed by atoms with Gasteiger partial charge in [0.2, 0.25) is 5.91 Å². The van der Waals surface area contributed by atoms with E-state index in [4.69, 9.17) is 0 Å². The van der Waals surface area contributed by atoms with Crippen molar-refractivity contribution >= 4 is 17.5 Å². The molecule has 0 aliphatic carbocycles. The van der Waals surface area contributed by atoms with Crippen LogP contribution in [0, 0.1) is 6.92 Å². The molecule has 32 heavy (non-hydrogen) atoms. The number of hydrogen-bond donors (Lipinski definition) is 1. The number of carbonyl (C=O) groups excluding carboxylic acids is 2. The molecule has 0 bridgehead atoms. The number of rotatable bonds is 5. The highest BCUT2D eigenvalue weighted by Gasteiger charge is 2.47. The molecular weight excluding hydrogens is 396 g/mol. The molecule has 4 rings (SSSR count). The molecule has 0 spiro atoms. The Kier molecular flexibility index (Phi) is 5.88. The quantitative estimate of drug-likeness (QED) is 0.594. The van der Waals surface area contributed by atoms with Gasteiger partial charge in [-0.25, -0.2) is 0 Å². The molecule has 3 aromatic carbocycles. The minimum absolute atomic E-state index is 0.138. The molecule has 164 valence electrons. The summed E-state index contributed by atoms with van der Waals surface area (Å²) in [5, 5.41) is 3.11. The first-order valence-corrected chi connectivity index (χ1v) is 11.2. The lowest BCUT2D eigenvalue weighted by Crippen LogP contribution is -2.63. The van der Waals surface area contributed by atoms with E-state index in [1.807, 2.05) is 80.6 Å². The molecule has 1 heterocycles. The van der Waals surface area contributed by atoms with Crippen molar-refractivity contribution in [1.29, 1.82) is 0 Å². The van der Waals surface area contributed by atoms with Crippen LogP contribution in [0.15, 0.2) is 72.8 Å². The zero-order valence-corrected chi connectivity index (χ0v) is 19.2. The van der Waals surface area contributed by atoms with Gasteiger partial charge in [0.15, 0.2) is 0 Å². The van der Waals surface area contributed by atoms with E-state index in [9.17, 15) is 9.59 Å². The Hall–Kier alpha value is -3.40. The number of carbonyl (C=O) groups is 2. The molecular formula is C28H30N2O2. The van der Waals surface area contributed by atoms with Gasteiger partial charge in [-0.2, -0.15) is 0 Å². The highest BCUT2D eigenvalue weighted by atomic mass is 16.2. The number of hydrogen-bond acceptors (Lipinski definition) is 2. The highest BCUT2D eigenvalue weighted by molar-refractivity contribution is 6.14. The molecule has 1 atom stereocenters. The van der Waals surface area contributed by atoms with Crippen LogP contribution < -0.4 is 10.2 Å². The molecule has 1 unspecified atom stereocenters. The van der Waals surface area contributed by atoms with Gasteiger partial charge in [0.1, 0.15) is 5.54 Å². The molecule has 1 N–H and O–H groups in total. The molecule has 3 aromatic rings. The number of nitrogens with zero attached hydrogens (tertiary/aromatic N) is 1. The largest absolute Gasteiger partial charge is 0.350 e. The SMILES string of the molecule is Cc1ccccc1CNC(=O)C1(C)Cc2ccccc2C(=O)N1c1cccc(C(C)C)c1. The van der Waals surface area contributed by atoms with E-state index < -0.39 is 5.54 Å². The first-order chi connectivity index (χ1) is 15.3. The van der Waals surface area contributed by atoms with Gasteiger partial charge in [-0.15, -0.1) is 0 Å². The normalized spacial score (nSPS) is 17.9. The van der Waals surface area contributed by atoms with Crippen LogP contribution in [0.25, 0.3) is 0 Å². The Balaban J connectivity index is 1.74. The smallest absolute Gasteiger partial charge is 0.259 e. The summed E-state index contributed by atoms with van der Waals surface area (Å²) in [4.78, 5) is 29.0. The average Bonchev–Trinajstić information content (AvgIpc) is 2.78. The predicted octanol–water partition coefficient (Wildman–Crippen LogP) is 5.40. The minimum atomic E-state index is -1.04. The zero-order valence-electron chi connectivity index (χ0n) is 19.2.